The first-order valence-electron chi connectivity index (χ1n) is 42.9. The van der Waals surface area contributed by atoms with Crippen LogP contribution in [0, 0.1) is 0 Å². The van der Waals surface area contributed by atoms with E-state index in [4.69, 9.17) is 28.4 Å². The van der Waals surface area contributed by atoms with E-state index in [1.54, 1.807) is 109 Å². The predicted octanol–water partition coefficient (Wildman–Crippen LogP) is 22.6. The molecule has 2 atom stereocenters. The highest BCUT2D eigenvalue weighted by Crippen LogP contribution is 2.34. The van der Waals surface area contributed by atoms with Gasteiger partial charge >= 0.3 is 32.4 Å². The number of hydrogen-bond acceptors (Lipinski definition) is 19. The number of allylic oxidation sites excluding steroid dienone is 1. The summed E-state index contributed by atoms with van der Waals surface area (Å²) in [6.45, 7) is 36.4. The molecule has 716 valence electrons. The number of aliphatic hydroxyl groups is 2. The topological polar surface area (TPSA) is 251 Å². The first kappa shape index (κ1) is 112. The summed E-state index contributed by atoms with van der Waals surface area (Å²) in [6.07, 6.45) is 22.9. The molecule has 0 aliphatic carbocycles. The Balaban J connectivity index is 0.000000284. The van der Waals surface area contributed by atoms with Crippen molar-refractivity contribution in [1.29, 1.82) is 0 Å². The summed E-state index contributed by atoms with van der Waals surface area (Å²) < 4.78 is 162. The van der Waals surface area contributed by atoms with Gasteiger partial charge in [-0.1, -0.05) is 149 Å². The molecular formula is C90H133Br2F8N11O13Si5. The van der Waals surface area contributed by atoms with Crippen LogP contribution in [0.5, 0.6) is 23.0 Å². The van der Waals surface area contributed by atoms with E-state index < -0.39 is 85.0 Å². The molecule has 9 aromatic rings. The van der Waals surface area contributed by atoms with Gasteiger partial charge in [0.05, 0.1) is 48.6 Å². The summed E-state index contributed by atoms with van der Waals surface area (Å²) in [5, 5.41) is 41.2. The van der Waals surface area contributed by atoms with E-state index >= 15 is 0 Å². The SMILES string of the molecule is BrC1=CCN=C1.CCc1cc(C(O)c2cnn(COCC[Si](C)(C)C)c2)ccc1OC(F)F.CCc1cc(C(OC(C)=O)c2cnn(COCC[Si](C)(C)C)c2)ccc1OC(F)F.CCc1cc(Cc2cnn(COCC[Si](C)(C)C)c2)ccc1OC(F)F.C[Si](C)(C)CCOCn1cc(Br)cn1.C[Si](C)(C)CCOCn1cc(Cc2ccc(OC(F)F)c(CO)c2)cn1. The lowest BCUT2D eigenvalue weighted by molar-refractivity contribution is -0.144. The number of aliphatic imine (C=N–C) groups is 1. The van der Waals surface area contributed by atoms with Gasteiger partial charge in [0.15, 0.2) is 6.10 Å². The second-order valence-corrected chi connectivity index (χ2v) is 66.5. The average Bonchev–Trinajstić information content (AvgIpc) is 1.80. The lowest BCUT2D eigenvalue weighted by Crippen LogP contribution is -2.22. The van der Waals surface area contributed by atoms with E-state index in [9.17, 15) is 50.1 Å². The van der Waals surface area contributed by atoms with Gasteiger partial charge in [-0.2, -0.15) is 60.6 Å². The number of aryl methyl sites for hydroxylation is 3. The van der Waals surface area contributed by atoms with Crippen molar-refractivity contribution >= 4 is 84.4 Å². The number of aromatic nitrogens is 10. The molecule has 0 amide bonds. The molecule has 0 bridgehead atoms. The van der Waals surface area contributed by atoms with Gasteiger partial charge in [0.2, 0.25) is 0 Å². The average molecular weight is 2030 g/mol. The van der Waals surface area contributed by atoms with Crippen LogP contribution in [0.3, 0.4) is 0 Å². The number of nitrogens with zero attached hydrogens (tertiary/aromatic N) is 11. The minimum Gasteiger partial charge on any atom is -0.453 e. The molecule has 0 spiro atoms. The van der Waals surface area contributed by atoms with E-state index in [0.717, 1.165) is 87.3 Å². The molecule has 1 aliphatic rings. The van der Waals surface area contributed by atoms with Crippen LogP contribution in [0.2, 0.25) is 128 Å². The van der Waals surface area contributed by atoms with Gasteiger partial charge in [-0.15, -0.1) is 0 Å². The van der Waals surface area contributed by atoms with Crippen LogP contribution >= 0.6 is 31.9 Å². The molecule has 10 rings (SSSR count). The standard InChI is InChI=1S/C21H30F2N2O4Si.C19H28F2N2O3Si.C19H28F2N2O2Si.C18H26F2N2O3Si.C9H17BrN2OSi.C4H4BrN/c1-6-16-11-17(7-8-19(16)29-21(22)23)20(28-15(2)26)18-12-24-25(13-18)14-27-9-10-30(3,4)5;1-5-14-10-15(6-7-17(14)26-19(20)21)18(24)16-11-22-23(12-16)13-25-8-9-27(2,3)4;1-5-17-11-15(6-7-18(17)25-19(20)21)10-16-12-22-23(13-16)14-24-8-9-26(2,3)4;1-26(2,3)7-6-24-13-22-11-15(10-21-22)8-14-4-5-17(25-18(19)20)16(9-14)12-23;1-14(2,3)5-4-13-8-12-7-9(10)6-11-12;5-4-1-2-6-3-4/h7-8,11-13,20-21H,6,9-10,14H2,1-5H3;6-7,10-12,18-19,24H,5,8-9,13H2,1-4H3;6-7,11-13,19H,5,8-10,14H2,1-4H3;4-5,9-11,18,23H,6-8,12-13H2,1-3H3;6-7H,4-5,8H2,1-3H3;1,3H,2H2. The normalized spacial score (nSPS) is 12.7. The van der Waals surface area contributed by atoms with Crippen LogP contribution < -0.4 is 18.9 Å². The number of rotatable bonds is 46. The highest BCUT2D eigenvalue weighted by molar-refractivity contribution is 9.12. The number of hydrogen-bond donors (Lipinski definition) is 2. The number of ether oxygens (including phenoxy) is 10. The molecule has 0 radical (unpaired) electrons. The first-order chi connectivity index (χ1) is 60.7. The Morgan fingerprint density at radius 1 is 0.411 bits per heavy atom. The molecule has 129 heavy (non-hydrogen) atoms. The van der Waals surface area contributed by atoms with Crippen molar-refractivity contribution < 1.29 is 97.5 Å². The van der Waals surface area contributed by atoms with Crippen LogP contribution in [-0.2, 0) is 106 Å². The molecule has 4 aromatic carbocycles. The highest BCUT2D eigenvalue weighted by atomic mass is 79.9. The van der Waals surface area contributed by atoms with Crippen molar-refractivity contribution in [3.05, 3.63) is 217 Å². The third-order valence-corrected chi connectivity index (χ3v) is 28.4. The molecule has 1 aliphatic heterocycles. The zero-order valence-corrected chi connectivity index (χ0v) is 86.1. The number of halogens is 10. The van der Waals surface area contributed by atoms with E-state index in [0.29, 0.717) is 118 Å². The third kappa shape index (κ3) is 47.4. The molecule has 0 saturated heterocycles. The molecule has 6 heterocycles. The van der Waals surface area contributed by atoms with E-state index in [-0.39, 0.29) is 29.6 Å². The molecular weight excluding hydrogens is 1900 g/mol. The number of carbonyl (C=O) groups is 1. The van der Waals surface area contributed by atoms with Gasteiger partial charge in [0.25, 0.3) is 0 Å². The monoisotopic (exact) mass is 2030 g/mol. The van der Waals surface area contributed by atoms with Crippen molar-refractivity contribution in [2.45, 2.75) is 267 Å². The number of alkyl halides is 8. The third-order valence-electron chi connectivity index (χ3n) is 18.9. The largest absolute Gasteiger partial charge is 0.453 e. The minimum atomic E-state index is -2.91. The van der Waals surface area contributed by atoms with Crippen molar-refractivity contribution in [2.24, 2.45) is 4.99 Å². The molecule has 24 nitrogen and oxygen atoms in total. The number of carbonyl (C=O) groups excluding carboxylic acids is 1. The second kappa shape index (κ2) is 56.3. The van der Waals surface area contributed by atoms with Crippen LogP contribution in [0.25, 0.3) is 0 Å². The lowest BCUT2D eigenvalue weighted by atomic mass is 10.00. The van der Waals surface area contributed by atoms with Gasteiger partial charge in [-0.3, -0.25) is 9.79 Å². The predicted molar refractivity (Wildman–Crippen MR) is 509 cm³/mol. The molecule has 0 saturated carbocycles. The first-order valence-corrected chi connectivity index (χ1v) is 63.0. The zero-order chi connectivity index (χ0) is 95.7. The summed E-state index contributed by atoms with van der Waals surface area (Å²) in [7, 11) is -5.42. The number of esters is 1. The van der Waals surface area contributed by atoms with Gasteiger partial charge in [-0.05, 0) is 180 Å². The summed E-state index contributed by atoms with van der Waals surface area (Å²) in [4.78, 5) is 15.6. The number of aliphatic hydroxyl groups excluding tert-OH is 2. The van der Waals surface area contributed by atoms with Crippen molar-refractivity contribution in [1.82, 2.24) is 48.9 Å². The molecule has 2 N–H and O–H groups in total. The maximum absolute atomic E-state index is 12.6. The van der Waals surface area contributed by atoms with Crippen molar-refractivity contribution in [2.75, 3.05) is 39.6 Å². The molecule has 0 fully saturated rings. The molecule has 39 heteroatoms. The van der Waals surface area contributed by atoms with Crippen LogP contribution in [-0.4, -0.2) is 178 Å². The summed E-state index contributed by atoms with van der Waals surface area (Å²) in [5.41, 5.74) is 8.86. The Morgan fingerprint density at radius 3 is 1.07 bits per heavy atom. The Hall–Kier alpha value is -7.79. The maximum Gasteiger partial charge on any atom is 0.387 e. The second-order valence-electron chi connectivity index (χ2n) is 36.5. The maximum atomic E-state index is 12.6. The van der Waals surface area contributed by atoms with Gasteiger partial charge in [0, 0.05) is 152 Å². The van der Waals surface area contributed by atoms with Crippen molar-refractivity contribution in [3.63, 3.8) is 0 Å². The Labute approximate surface area is 777 Å². The highest BCUT2D eigenvalue weighted by Gasteiger charge is 2.25. The fraction of sp³-hybridized carbons (Fsp3) is 0.522. The lowest BCUT2D eigenvalue weighted by Gasteiger charge is -2.18. The molecule has 2 unspecified atom stereocenters. The smallest absolute Gasteiger partial charge is 0.387 e. The Bertz CT molecular complexity index is 4680. The zero-order valence-electron chi connectivity index (χ0n) is 78.0. The van der Waals surface area contributed by atoms with Crippen LogP contribution in [0.1, 0.15) is 107 Å². The Morgan fingerprint density at radius 2 is 0.736 bits per heavy atom. The number of benzene rings is 4. The summed E-state index contributed by atoms with van der Waals surface area (Å²) in [5.74, 6) is 0.0415. The van der Waals surface area contributed by atoms with Gasteiger partial charge < -0.3 is 57.6 Å². The van der Waals surface area contributed by atoms with E-state index in [1.165, 1.54) is 31.2 Å². The fourth-order valence-corrected chi connectivity index (χ4v) is 16.1. The van der Waals surface area contributed by atoms with Crippen LogP contribution in [0.15, 0.2) is 155 Å². The van der Waals surface area contributed by atoms with E-state index in [1.807, 2.05) is 63.8 Å². The quantitative estimate of drug-likeness (QED) is 0.0156. The van der Waals surface area contributed by atoms with Gasteiger partial charge in [-0.25, -0.2) is 23.4 Å². The fourth-order valence-electron chi connectivity index (χ4n) is 11.7. The van der Waals surface area contributed by atoms with Crippen LogP contribution in [0.4, 0.5) is 35.1 Å². The molecule has 5 aromatic heterocycles. The summed E-state index contributed by atoms with van der Waals surface area (Å²) >= 11 is 6.59. The van der Waals surface area contributed by atoms with Gasteiger partial charge in [0.1, 0.15) is 62.8 Å². The summed E-state index contributed by atoms with van der Waals surface area (Å²) in [6, 6.07) is 25.3. The van der Waals surface area contributed by atoms with Crippen molar-refractivity contribution in [3.8, 4) is 23.0 Å². The minimum absolute atomic E-state index is 0.00209. The van der Waals surface area contributed by atoms with E-state index in [2.05, 4.69) is 179 Å². The Kier molecular flexibility index (Phi) is 48.8.